The standard InChI is InChI=1S/C11H24Si/c1-6-10-11(5)12(7-2,8-3)9-4/h6,10-11H,7-9H2,1-5H3/b10-6+. The van der Waals surface area contributed by atoms with Crippen molar-refractivity contribution in [2.75, 3.05) is 0 Å². The Morgan fingerprint density at radius 1 is 1.08 bits per heavy atom. The molecule has 0 saturated carbocycles. The lowest BCUT2D eigenvalue weighted by molar-refractivity contribution is 1.01. The minimum Gasteiger partial charge on any atom is -0.0917 e. The molecule has 0 spiro atoms. The maximum absolute atomic E-state index is 2.41. The second-order valence-electron chi connectivity index (χ2n) is 3.74. The third kappa shape index (κ3) is 2.48. The molecule has 0 fully saturated rings. The minimum atomic E-state index is -0.929. The van der Waals surface area contributed by atoms with Crippen LogP contribution in [0, 0.1) is 0 Å². The largest absolute Gasteiger partial charge is 0.0917 e. The molecule has 0 bridgehead atoms. The second kappa shape index (κ2) is 5.58. The molecule has 0 aromatic carbocycles. The van der Waals surface area contributed by atoms with Crippen molar-refractivity contribution in [1.29, 1.82) is 0 Å². The van der Waals surface area contributed by atoms with Crippen LogP contribution in [-0.2, 0) is 0 Å². The molecule has 0 aliphatic carbocycles. The van der Waals surface area contributed by atoms with Gasteiger partial charge in [-0.25, -0.2) is 0 Å². The highest BCUT2D eigenvalue weighted by Gasteiger charge is 2.31. The highest BCUT2D eigenvalue weighted by atomic mass is 28.3. The van der Waals surface area contributed by atoms with E-state index in [-0.39, 0.29) is 0 Å². The summed E-state index contributed by atoms with van der Waals surface area (Å²) < 4.78 is 0. The molecule has 0 radical (unpaired) electrons. The Kier molecular flexibility index (Phi) is 5.56. The van der Waals surface area contributed by atoms with Gasteiger partial charge in [0, 0.05) is 0 Å². The van der Waals surface area contributed by atoms with E-state index >= 15 is 0 Å². The lowest BCUT2D eigenvalue weighted by Gasteiger charge is -2.33. The van der Waals surface area contributed by atoms with Crippen molar-refractivity contribution in [2.45, 2.75) is 58.3 Å². The van der Waals surface area contributed by atoms with Crippen molar-refractivity contribution in [3.05, 3.63) is 12.2 Å². The molecule has 0 aliphatic rings. The molecular weight excluding hydrogens is 160 g/mol. The third-order valence-electron chi connectivity index (χ3n) is 3.56. The van der Waals surface area contributed by atoms with E-state index in [0.29, 0.717) is 0 Å². The lowest BCUT2D eigenvalue weighted by atomic mass is 10.4. The van der Waals surface area contributed by atoms with Gasteiger partial charge in [-0.1, -0.05) is 58.0 Å². The van der Waals surface area contributed by atoms with Crippen LogP contribution in [0.4, 0.5) is 0 Å². The molecule has 0 N–H and O–H groups in total. The summed E-state index contributed by atoms with van der Waals surface area (Å²) in [5, 5.41) is 0. The van der Waals surface area contributed by atoms with Crippen LogP contribution in [0.5, 0.6) is 0 Å². The van der Waals surface area contributed by atoms with Gasteiger partial charge in [0.2, 0.25) is 0 Å². The first kappa shape index (κ1) is 12.0. The first-order valence-corrected chi connectivity index (χ1v) is 7.99. The fraction of sp³-hybridized carbons (Fsp3) is 0.818. The van der Waals surface area contributed by atoms with Gasteiger partial charge in [0.25, 0.3) is 0 Å². The lowest BCUT2D eigenvalue weighted by Crippen LogP contribution is -2.35. The quantitative estimate of drug-likeness (QED) is 0.437. The number of allylic oxidation sites excluding steroid dienone is 2. The van der Waals surface area contributed by atoms with E-state index in [2.05, 4.69) is 46.8 Å². The SMILES string of the molecule is C/C=C/C(C)[Si](CC)(CC)CC. The van der Waals surface area contributed by atoms with Crippen molar-refractivity contribution >= 4 is 8.07 Å². The van der Waals surface area contributed by atoms with Crippen molar-refractivity contribution in [1.82, 2.24) is 0 Å². The van der Waals surface area contributed by atoms with Gasteiger partial charge in [0.15, 0.2) is 0 Å². The van der Waals surface area contributed by atoms with Crippen molar-refractivity contribution < 1.29 is 0 Å². The number of hydrogen-bond donors (Lipinski definition) is 0. The Bertz CT molecular complexity index is 126. The monoisotopic (exact) mass is 184 g/mol. The van der Waals surface area contributed by atoms with Gasteiger partial charge in [-0.2, -0.15) is 0 Å². The molecule has 0 aliphatic heterocycles. The van der Waals surface area contributed by atoms with Crippen LogP contribution in [0.2, 0.25) is 23.7 Å². The average molecular weight is 184 g/mol. The smallest absolute Gasteiger partial charge is 0.0593 e. The van der Waals surface area contributed by atoms with Crippen LogP contribution in [0.1, 0.15) is 34.6 Å². The van der Waals surface area contributed by atoms with Crippen LogP contribution in [0.3, 0.4) is 0 Å². The topological polar surface area (TPSA) is 0 Å². The van der Waals surface area contributed by atoms with E-state index in [9.17, 15) is 0 Å². The molecule has 0 aromatic rings. The molecule has 0 saturated heterocycles. The minimum absolute atomic E-state index is 0.863. The maximum atomic E-state index is 2.41. The van der Waals surface area contributed by atoms with Gasteiger partial charge < -0.3 is 0 Å². The Labute approximate surface area is 79.1 Å². The van der Waals surface area contributed by atoms with Gasteiger partial charge in [-0.15, -0.1) is 0 Å². The van der Waals surface area contributed by atoms with Crippen molar-refractivity contribution in [3.63, 3.8) is 0 Å². The van der Waals surface area contributed by atoms with Crippen molar-refractivity contribution in [2.24, 2.45) is 0 Å². The van der Waals surface area contributed by atoms with E-state index in [4.69, 9.17) is 0 Å². The summed E-state index contributed by atoms with van der Waals surface area (Å²) in [6.45, 7) is 11.7. The molecular formula is C11H24Si. The number of rotatable bonds is 5. The summed E-state index contributed by atoms with van der Waals surface area (Å²) in [7, 11) is -0.929. The highest BCUT2D eigenvalue weighted by Crippen LogP contribution is 2.33. The van der Waals surface area contributed by atoms with Gasteiger partial charge in [-0.3, -0.25) is 0 Å². The zero-order valence-electron chi connectivity index (χ0n) is 9.35. The molecule has 0 heterocycles. The summed E-state index contributed by atoms with van der Waals surface area (Å²) in [5.41, 5.74) is 0.863. The fourth-order valence-electron chi connectivity index (χ4n) is 2.21. The Balaban J connectivity index is 4.46. The molecule has 1 unspecified atom stereocenters. The summed E-state index contributed by atoms with van der Waals surface area (Å²) in [6, 6.07) is 4.31. The van der Waals surface area contributed by atoms with Gasteiger partial charge in [0.1, 0.15) is 0 Å². The van der Waals surface area contributed by atoms with E-state index < -0.39 is 8.07 Å². The zero-order valence-corrected chi connectivity index (χ0v) is 10.4. The molecule has 0 amide bonds. The molecule has 1 atom stereocenters. The summed E-state index contributed by atoms with van der Waals surface area (Å²) >= 11 is 0. The second-order valence-corrected chi connectivity index (χ2v) is 9.49. The molecule has 0 nitrogen and oxygen atoms in total. The van der Waals surface area contributed by atoms with Crippen LogP contribution in [-0.4, -0.2) is 8.07 Å². The Morgan fingerprint density at radius 3 is 1.75 bits per heavy atom. The predicted octanol–water partition coefficient (Wildman–Crippen LogP) is 4.46. The Morgan fingerprint density at radius 2 is 1.50 bits per heavy atom. The summed E-state index contributed by atoms with van der Waals surface area (Å²) in [5.74, 6) is 0. The third-order valence-corrected chi connectivity index (χ3v) is 9.91. The molecule has 0 rings (SSSR count). The van der Waals surface area contributed by atoms with E-state index in [1.165, 1.54) is 18.1 Å². The number of hydrogen-bond acceptors (Lipinski definition) is 0. The van der Waals surface area contributed by atoms with E-state index in [0.717, 1.165) is 5.54 Å². The first-order chi connectivity index (χ1) is 5.66. The summed E-state index contributed by atoms with van der Waals surface area (Å²) in [4.78, 5) is 0. The van der Waals surface area contributed by atoms with Gasteiger partial charge >= 0.3 is 0 Å². The van der Waals surface area contributed by atoms with Gasteiger partial charge in [0.05, 0.1) is 8.07 Å². The fourth-order valence-corrected chi connectivity index (χ4v) is 6.24. The van der Waals surface area contributed by atoms with Crippen LogP contribution < -0.4 is 0 Å². The van der Waals surface area contributed by atoms with Crippen LogP contribution in [0.25, 0.3) is 0 Å². The molecule has 1 heteroatoms. The van der Waals surface area contributed by atoms with E-state index in [1.54, 1.807) is 0 Å². The van der Waals surface area contributed by atoms with E-state index in [1.807, 2.05) is 0 Å². The highest BCUT2D eigenvalue weighted by molar-refractivity contribution is 6.81. The molecule has 12 heavy (non-hydrogen) atoms. The Hall–Kier alpha value is -0.0431. The zero-order chi connectivity index (χ0) is 9.61. The predicted molar refractivity (Wildman–Crippen MR) is 61.4 cm³/mol. The molecule has 0 aromatic heterocycles. The van der Waals surface area contributed by atoms with Crippen molar-refractivity contribution in [3.8, 4) is 0 Å². The molecule has 72 valence electrons. The maximum Gasteiger partial charge on any atom is 0.0593 e. The average Bonchev–Trinajstić information content (AvgIpc) is 2.09. The van der Waals surface area contributed by atoms with Gasteiger partial charge in [-0.05, 0) is 12.5 Å². The first-order valence-electron chi connectivity index (χ1n) is 5.29. The summed E-state index contributed by atoms with van der Waals surface area (Å²) in [6.07, 6.45) is 4.62. The normalized spacial score (nSPS) is 15.4. The van der Waals surface area contributed by atoms with Crippen LogP contribution in [0.15, 0.2) is 12.2 Å². The van der Waals surface area contributed by atoms with Crippen LogP contribution >= 0.6 is 0 Å².